The van der Waals surface area contributed by atoms with Gasteiger partial charge in [0.1, 0.15) is 0 Å². The average molecular weight is 227 g/mol. The number of rotatable bonds is 2. The van der Waals surface area contributed by atoms with Gasteiger partial charge in [-0.05, 0) is 24.6 Å². The lowest BCUT2D eigenvalue weighted by molar-refractivity contribution is 0.103. The van der Waals surface area contributed by atoms with E-state index in [0.29, 0.717) is 22.5 Å². The van der Waals surface area contributed by atoms with Crippen LogP contribution in [0.25, 0.3) is 0 Å². The fraction of sp³-hybridized carbons (Fsp3) is 0.0769. The highest BCUT2D eigenvalue weighted by molar-refractivity contribution is 6.13. The minimum Gasteiger partial charge on any atom is -0.398 e. The predicted octanol–water partition coefficient (Wildman–Crippen LogP) is 1.79. The first kappa shape index (κ1) is 11.1. The maximum absolute atomic E-state index is 12.3. The third kappa shape index (κ3) is 1.97. The second kappa shape index (κ2) is 4.25. The molecule has 0 atom stereocenters. The number of aromatic nitrogens is 1. The monoisotopic (exact) mass is 227 g/mol. The van der Waals surface area contributed by atoms with Crippen molar-refractivity contribution < 1.29 is 4.79 Å². The van der Waals surface area contributed by atoms with Gasteiger partial charge in [0.05, 0.1) is 5.56 Å². The third-order valence-corrected chi connectivity index (χ3v) is 2.72. The van der Waals surface area contributed by atoms with Gasteiger partial charge in [-0.25, -0.2) is 0 Å². The van der Waals surface area contributed by atoms with Gasteiger partial charge in [0, 0.05) is 29.3 Å². The standard InChI is InChI=1S/C13H13N3O/c1-8-9(3-2-4-11(8)14)13(17)10-7-16-6-5-12(10)15/h2-7H,14H2,1H3,(H2,15,16). The molecule has 0 radical (unpaired) electrons. The largest absolute Gasteiger partial charge is 0.398 e. The summed E-state index contributed by atoms with van der Waals surface area (Å²) in [5, 5.41) is 0. The first-order valence-corrected chi connectivity index (χ1v) is 5.20. The van der Waals surface area contributed by atoms with Crippen LogP contribution in [0.1, 0.15) is 21.5 Å². The molecule has 1 aromatic carbocycles. The van der Waals surface area contributed by atoms with Crippen molar-refractivity contribution in [1.29, 1.82) is 0 Å². The molecule has 2 aromatic rings. The van der Waals surface area contributed by atoms with Crippen molar-refractivity contribution in [2.45, 2.75) is 6.92 Å². The van der Waals surface area contributed by atoms with Crippen LogP contribution >= 0.6 is 0 Å². The normalized spacial score (nSPS) is 10.2. The van der Waals surface area contributed by atoms with Crippen LogP contribution in [0.2, 0.25) is 0 Å². The van der Waals surface area contributed by atoms with Crippen molar-refractivity contribution in [3.63, 3.8) is 0 Å². The summed E-state index contributed by atoms with van der Waals surface area (Å²) in [5.74, 6) is -0.152. The first-order chi connectivity index (χ1) is 8.11. The molecule has 86 valence electrons. The molecule has 4 N–H and O–H groups in total. The van der Waals surface area contributed by atoms with Gasteiger partial charge in [0.25, 0.3) is 0 Å². The molecule has 0 aliphatic rings. The number of benzene rings is 1. The Bertz CT molecular complexity index is 579. The van der Waals surface area contributed by atoms with E-state index in [1.54, 1.807) is 30.5 Å². The van der Waals surface area contributed by atoms with Gasteiger partial charge in [-0.2, -0.15) is 0 Å². The number of hydrogen-bond donors (Lipinski definition) is 2. The van der Waals surface area contributed by atoms with Gasteiger partial charge < -0.3 is 11.5 Å². The smallest absolute Gasteiger partial charge is 0.196 e. The van der Waals surface area contributed by atoms with E-state index in [0.717, 1.165) is 5.56 Å². The number of hydrogen-bond acceptors (Lipinski definition) is 4. The lowest BCUT2D eigenvalue weighted by Crippen LogP contribution is -2.08. The molecule has 0 spiro atoms. The highest BCUT2D eigenvalue weighted by Gasteiger charge is 2.15. The van der Waals surface area contributed by atoms with Gasteiger partial charge in [-0.3, -0.25) is 9.78 Å². The summed E-state index contributed by atoms with van der Waals surface area (Å²) >= 11 is 0. The number of ketones is 1. The molecule has 0 aliphatic carbocycles. The van der Waals surface area contributed by atoms with Gasteiger partial charge >= 0.3 is 0 Å². The van der Waals surface area contributed by atoms with Crippen molar-refractivity contribution in [2.24, 2.45) is 0 Å². The molecule has 0 saturated heterocycles. The summed E-state index contributed by atoms with van der Waals surface area (Å²) in [6.07, 6.45) is 3.03. The summed E-state index contributed by atoms with van der Waals surface area (Å²) in [6.45, 7) is 1.81. The lowest BCUT2D eigenvalue weighted by Gasteiger charge is -2.08. The summed E-state index contributed by atoms with van der Waals surface area (Å²) in [7, 11) is 0. The fourth-order valence-electron chi connectivity index (χ4n) is 1.64. The summed E-state index contributed by atoms with van der Waals surface area (Å²) in [4.78, 5) is 16.2. The van der Waals surface area contributed by atoms with E-state index in [4.69, 9.17) is 11.5 Å². The first-order valence-electron chi connectivity index (χ1n) is 5.20. The number of carbonyl (C=O) groups is 1. The fourth-order valence-corrected chi connectivity index (χ4v) is 1.64. The molecular formula is C13H13N3O. The molecule has 0 aliphatic heterocycles. The van der Waals surface area contributed by atoms with Crippen LogP contribution in [0.3, 0.4) is 0 Å². The van der Waals surface area contributed by atoms with Crippen LogP contribution in [0.15, 0.2) is 36.7 Å². The third-order valence-electron chi connectivity index (χ3n) is 2.72. The Morgan fingerprint density at radius 1 is 1.12 bits per heavy atom. The minimum atomic E-state index is -0.152. The average Bonchev–Trinajstić information content (AvgIpc) is 2.32. The second-order valence-corrected chi connectivity index (χ2v) is 3.81. The van der Waals surface area contributed by atoms with Crippen molar-refractivity contribution in [2.75, 3.05) is 11.5 Å². The zero-order chi connectivity index (χ0) is 12.4. The predicted molar refractivity (Wildman–Crippen MR) is 67.7 cm³/mol. The van der Waals surface area contributed by atoms with Crippen molar-refractivity contribution in [1.82, 2.24) is 4.98 Å². The molecule has 0 saturated carbocycles. The Labute approximate surface area is 99.3 Å². The van der Waals surface area contributed by atoms with Gasteiger partial charge in [0.15, 0.2) is 5.78 Å². The minimum absolute atomic E-state index is 0.152. The van der Waals surface area contributed by atoms with Gasteiger partial charge in [-0.1, -0.05) is 12.1 Å². The molecule has 2 rings (SSSR count). The molecule has 0 unspecified atom stereocenters. The van der Waals surface area contributed by atoms with Crippen molar-refractivity contribution in [3.8, 4) is 0 Å². The van der Waals surface area contributed by atoms with Crippen LogP contribution in [-0.4, -0.2) is 10.8 Å². The summed E-state index contributed by atoms with van der Waals surface area (Å²) in [5.41, 5.74) is 14.3. The number of pyridine rings is 1. The summed E-state index contributed by atoms with van der Waals surface area (Å²) < 4.78 is 0. The molecule has 4 heteroatoms. The van der Waals surface area contributed by atoms with Crippen LogP contribution in [0.5, 0.6) is 0 Å². The number of anilines is 2. The summed E-state index contributed by atoms with van der Waals surface area (Å²) in [6, 6.07) is 6.86. The molecule has 17 heavy (non-hydrogen) atoms. The van der Waals surface area contributed by atoms with E-state index in [-0.39, 0.29) is 5.78 Å². The van der Waals surface area contributed by atoms with Crippen LogP contribution in [-0.2, 0) is 0 Å². The molecule has 4 nitrogen and oxygen atoms in total. The van der Waals surface area contributed by atoms with Crippen LogP contribution in [0.4, 0.5) is 11.4 Å². The topological polar surface area (TPSA) is 82.0 Å². The van der Waals surface area contributed by atoms with E-state index in [1.807, 2.05) is 6.92 Å². The quantitative estimate of drug-likeness (QED) is 0.605. The second-order valence-electron chi connectivity index (χ2n) is 3.81. The highest BCUT2D eigenvalue weighted by atomic mass is 16.1. The number of nitrogens with zero attached hydrogens (tertiary/aromatic N) is 1. The lowest BCUT2D eigenvalue weighted by atomic mass is 9.98. The van der Waals surface area contributed by atoms with Crippen molar-refractivity contribution >= 4 is 17.2 Å². The van der Waals surface area contributed by atoms with Crippen LogP contribution < -0.4 is 11.5 Å². The van der Waals surface area contributed by atoms with E-state index in [1.165, 1.54) is 6.20 Å². The highest BCUT2D eigenvalue weighted by Crippen LogP contribution is 2.21. The SMILES string of the molecule is Cc1c(N)cccc1C(=O)c1cnccc1N. The molecule has 0 amide bonds. The van der Waals surface area contributed by atoms with Crippen molar-refractivity contribution in [3.05, 3.63) is 53.3 Å². The van der Waals surface area contributed by atoms with E-state index >= 15 is 0 Å². The molecule has 1 heterocycles. The van der Waals surface area contributed by atoms with E-state index < -0.39 is 0 Å². The maximum Gasteiger partial charge on any atom is 0.196 e. The van der Waals surface area contributed by atoms with Crippen LogP contribution in [0, 0.1) is 6.92 Å². The molecule has 1 aromatic heterocycles. The van der Waals surface area contributed by atoms with E-state index in [2.05, 4.69) is 4.98 Å². The Morgan fingerprint density at radius 3 is 2.59 bits per heavy atom. The molecule has 0 bridgehead atoms. The zero-order valence-corrected chi connectivity index (χ0v) is 9.47. The van der Waals surface area contributed by atoms with Gasteiger partial charge in [-0.15, -0.1) is 0 Å². The number of carbonyl (C=O) groups excluding carboxylic acids is 1. The molecular weight excluding hydrogens is 214 g/mol. The maximum atomic E-state index is 12.3. The number of nitrogens with two attached hydrogens (primary N) is 2. The number of nitrogen functional groups attached to an aromatic ring is 2. The Kier molecular flexibility index (Phi) is 2.78. The van der Waals surface area contributed by atoms with E-state index in [9.17, 15) is 4.79 Å². The Balaban J connectivity index is 2.52. The molecule has 0 fully saturated rings. The van der Waals surface area contributed by atoms with Gasteiger partial charge in [0.2, 0.25) is 0 Å². The Morgan fingerprint density at radius 2 is 1.88 bits per heavy atom. The Hall–Kier alpha value is -2.36. The zero-order valence-electron chi connectivity index (χ0n) is 9.47.